The predicted octanol–water partition coefficient (Wildman–Crippen LogP) is 3.62. The Bertz CT molecular complexity index is 975. The lowest BCUT2D eigenvalue weighted by atomic mass is 9.77. The number of hydrazine groups is 1. The smallest absolute Gasteiger partial charge is 0.408 e. The Morgan fingerprint density at radius 2 is 2.03 bits per heavy atom. The second kappa shape index (κ2) is 10.5. The molecular weight excluding hydrogens is 457 g/mol. The third kappa shape index (κ3) is 4.85. The number of rotatable bonds is 5. The molecule has 0 bridgehead atoms. The van der Waals surface area contributed by atoms with Crippen molar-refractivity contribution in [3.05, 3.63) is 46.6 Å². The van der Waals surface area contributed by atoms with E-state index >= 15 is 0 Å². The largest absolute Gasteiger partial charge is 0.465 e. The molecule has 2 saturated heterocycles. The van der Waals surface area contributed by atoms with Crippen LogP contribution in [0.5, 0.6) is 0 Å². The first-order valence-electron chi connectivity index (χ1n) is 11.9. The van der Waals surface area contributed by atoms with Crippen molar-refractivity contribution in [3.8, 4) is 0 Å². The van der Waals surface area contributed by atoms with Crippen LogP contribution in [-0.4, -0.2) is 75.8 Å². The molecule has 0 spiro atoms. The SMILES string of the molecule is CCN(CC)C1CCN(C(=O)O)C(C=C2SC(N3CCCCN3)=NC2=O)(c2ccc(F)cc2)C1. The highest BCUT2D eigenvalue weighted by Crippen LogP contribution is 2.44. The second-order valence-corrected chi connectivity index (χ2v) is 9.82. The van der Waals surface area contributed by atoms with Gasteiger partial charge in [-0.25, -0.2) is 14.6 Å². The average Bonchev–Trinajstić information content (AvgIpc) is 3.20. The van der Waals surface area contributed by atoms with E-state index in [9.17, 15) is 19.1 Å². The summed E-state index contributed by atoms with van der Waals surface area (Å²) < 4.78 is 13.8. The minimum absolute atomic E-state index is 0.123. The van der Waals surface area contributed by atoms with Gasteiger partial charge < -0.3 is 10.0 Å². The van der Waals surface area contributed by atoms with Crippen molar-refractivity contribution in [1.29, 1.82) is 0 Å². The van der Waals surface area contributed by atoms with E-state index in [4.69, 9.17) is 0 Å². The summed E-state index contributed by atoms with van der Waals surface area (Å²) in [5, 5.41) is 12.7. The molecule has 1 aromatic rings. The van der Waals surface area contributed by atoms with Gasteiger partial charge >= 0.3 is 6.09 Å². The maximum atomic E-state index is 13.8. The molecule has 10 heteroatoms. The second-order valence-electron chi connectivity index (χ2n) is 8.81. The summed E-state index contributed by atoms with van der Waals surface area (Å²) in [5.41, 5.74) is 2.81. The molecule has 4 rings (SSSR count). The molecule has 2 atom stereocenters. The van der Waals surface area contributed by atoms with E-state index < -0.39 is 17.4 Å². The number of thioether (sulfide) groups is 1. The molecule has 2 unspecified atom stereocenters. The Morgan fingerprint density at radius 3 is 2.65 bits per heavy atom. The number of nitrogens with one attached hydrogen (secondary N) is 1. The van der Waals surface area contributed by atoms with Gasteiger partial charge in [0, 0.05) is 25.7 Å². The van der Waals surface area contributed by atoms with Crippen LogP contribution >= 0.6 is 11.8 Å². The van der Waals surface area contributed by atoms with Gasteiger partial charge in [-0.05, 0) is 74.3 Å². The Labute approximate surface area is 203 Å². The van der Waals surface area contributed by atoms with Crippen molar-refractivity contribution in [2.24, 2.45) is 4.99 Å². The third-order valence-electron chi connectivity index (χ3n) is 6.94. The Balaban J connectivity index is 1.77. The van der Waals surface area contributed by atoms with Crippen LogP contribution in [0.2, 0.25) is 0 Å². The topological polar surface area (TPSA) is 88.5 Å². The first-order chi connectivity index (χ1) is 16.4. The molecule has 2 fully saturated rings. The van der Waals surface area contributed by atoms with E-state index in [0.717, 1.165) is 39.0 Å². The fraction of sp³-hybridized carbons (Fsp3) is 0.542. The summed E-state index contributed by atoms with van der Waals surface area (Å²) >= 11 is 1.27. The molecule has 3 aliphatic heterocycles. The maximum absolute atomic E-state index is 13.8. The molecule has 0 aromatic heterocycles. The number of carbonyl (C=O) groups is 2. The van der Waals surface area contributed by atoms with Crippen molar-refractivity contribution in [2.45, 2.75) is 51.1 Å². The van der Waals surface area contributed by atoms with Crippen LogP contribution in [0.4, 0.5) is 9.18 Å². The zero-order valence-electron chi connectivity index (χ0n) is 19.7. The zero-order valence-corrected chi connectivity index (χ0v) is 20.5. The predicted molar refractivity (Wildman–Crippen MR) is 131 cm³/mol. The molecule has 3 aliphatic rings. The molecule has 8 nitrogen and oxygen atoms in total. The summed E-state index contributed by atoms with van der Waals surface area (Å²) in [6.07, 6.45) is 3.95. The highest BCUT2D eigenvalue weighted by atomic mass is 32.2. The Kier molecular flexibility index (Phi) is 7.59. The third-order valence-corrected chi connectivity index (χ3v) is 7.95. The van der Waals surface area contributed by atoms with Crippen LogP contribution in [0.25, 0.3) is 0 Å². The number of amides is 2. The maximum Gasteiger partial charge on any atom is 0.408 e. The fourth-order valence-corrected chi connectivity index (χ4v) is 6.16. The molecule has 34 heavy (non-hydrogen) atoms. The number of benzene rings is 1. The van der Waals surface area contributed by atoms with E-state index in [1.807, 2.05) is 5.01 Å². The number of halogens is 1. The van der Waals surface area contributed by atoms with Gasteiger partial charge in [-0.1, -0.05) is 26.0 Å². The monoisotopic (exact) mass is 489 g/mol. The van der Waals surface area contributed by atoms with Crippen molar-refractivity contribution in [3.63, 3.8) is 0 Å². The van der Waals surface area contributed by atoms with Gasteiger partial charge in [0.15, 0.2) is 5.17 Å². The van der Waals surface area contributed by atoms with Crippen molar-refractivity contribution in [2.75, 3.05) is 32.7 Å². The van der Waals surface area contributed by atoms with E-state index in [1.54, 1.807) is 18.2 Å². The zero-order chi connectivity index (χ0) is 24.3. The fourth-order valence-electron chi connectivity index (χ4n) is 5.18. The van der Waals surface area contributed by atoms with E-state index in [1.165, 1.54) is 28.8 Å². The van der Waals surface area contributed by atoms with E-state index in [-0.39, 0.29) is 11.9 Å². The van der Waals surface area contributed by atoms with Crippen LogP contribution in [0, 0.1) is 5.82 Å². The number of carbonyl (C=O) groups excluding carboxylic acids is 1. The minimum atomic E-state index is -1.11. The summed E-state index contributed by atoms with van der Waals surface area (Å²) in [6, 6.07) is 6.08. The number of aliphatic imine (C=N–C) groups is 1. The van der Waals surface area contributed by atoms with Gasteiger partial charge in [0.05, 0.1) is 10.4 Å². The molecule has 2 amide bonds. The van der Waals surface area contributed by atoms with Crippen LogP contribution in [-0.2, 0) is 10.3 Å². The summed E-state index contributed by atoms with van der Waals surface area (Å²) in [7, 11) is 0. The molecular formula is C24H32FN5O3S. The lowest BCUT2D eigenvalue weighted by molar-refractivity contribution is -0.113. The lowest BCUT2D eigenvalue weighted by Gasteiger charge is -2.49. The van der Waals surface area contributed by atoms with Crippen molar-refractivity contribution in [1.82, 2.24) is 20.2 Å². The highest BCUT2D eigenvalue weighted by molar-refractivity contribution is 8.18. The lowest BCUT2D eigenvalue weighted by Crippen LogP contribution is -2.57. The van der Waals surface area contributed by atoms with E-state index in [0.29, 0.717) is 35.0 Å². The van der Waals surface area contributed by atoms with Gasteiger partial charge in [-0.2, -0.15) is 4.99 Å². The molecule has 0 saturated carbocycles. The number of likely N-dealkylation sites (tertiary alicyclic amines) is 1. The quantitative estimate of drug-likeness (QED) is 0.611. The van der Waals surface area contributed by atoms with E-state index in [2.05, 4.69) is 29.2 Å². The number of carboxylic acid groups (broad SMARTS) is 1. The summed E-state index contributed by atoms with van der Waals surface area (Å²) in [6.45, 7) is 7.77. The molecule has 0 aliphatic carbocycles. The van der Waals surface area contributed by atoms with Gasteiger partial charge in [0.25, 0.3) is 5.91 Å². The molecule has 0 radical (unpaired) electrons. The molecule has 1 aromatic carbocycles. The number of nitrogens with zero attached hydrogens (tertiary/aromatic N) is 4. The Morgan fingerprint density at radius 1 is 1.29 bits per heavy atom. The number of amidine groups is 1. The molecule has 3 heterocycles. The van der Waals surface area contributed by atoms with Crippen molar-refractivity contribution < 1.29 is 19.1 Å². The standard InChI is InChI=1S/C24H32FN5O3S/c1-3-28(4-2)19-11-14-29(23(32)33)24(15-19,17-7-9-18(25)10-8-17)16-20-21(31)27-22(34-20)30-13-6-5-12-26-30/h7-10,16,19,26H,3-6,11-15H2,1-2H3,(H,32,33). The Hall–Kier alpha value is -2.43. The first-order valence-corrected chi connectivity index (χ1v) is 12.7. The van der Waals surface area contributed by atoms with Crippen molar-refractivity contribution >= 4 is 28.9 Å². The normalized spacial score (nSPS) is 26.9. The van der Waals surface area contributed by atoms with Gasteiger partial charge in [0.1, 0.15) is 5.82 Å². The summed E-state index contributed by atoms with van der Waals surface area (Å²) in [4.78, 5) is 33.8. The average molecular weight is 490 g/mol. The van der Waals surface area contributed by atoms with Gasteiger partial charge in [0.2, 0.25) is 0 Å². The van der Waals surface area contributed by atoms with Gasteiger partial charge in [-0.15, -0.1) is 0 Å². The molecule has 184 valence electrons. The number of hydrogen-bond acceptors (Lipinski definition) is 6. The van der Waals surface area contributed by atoms with Crippen LogP contribution < -0.4 is 5.43 Å². The molecule has 2 N–H and O–H groups in total. The number of piperidine rings is 1. The van der Waals surface area contributed by atoms with Crippen LogP contribution in [0.15, 0.2) is 40.2 Å². The van der Waals surface area contributed by atoms with Crippen LogP contribution in [0.1, 0.15) is 45.1 Å². The number of hydrogen-bond donors (Lipinski definition) is 2. The first kappa shape index (κ1) is 24.7. The van der Waals surface area contributed by atoms with Gasteiger partial charge in [-0.3, -0.25) is 14.7 Å². The minimum Gasteiger partial charge on any atom is -0.465 e. The summed E-state index contributed by atoms with van der Waals surface area (Å²) in [5.74, 6) is -0.762. The van der Waals surface area contributed by atoms with Crippen LogP contribution in [0.3, 0.4) is 0 Å². The highest BCUT2D eigenvalue weighted by Gasteiger charge is 2.47.